The lowest BCUT2D eigenvalue weighted by atomic mass is 10.1. The van der Waals surface area contributed by atoms with E-state index in [0.717, 1.165) is 18.0 Å². The summed E-state index contributed by atoms with van der Waals surface area (Å²) in [4.78, 5) is 11.7. The molecule has 0 spiro atoms. The number of amides is 1. The second kappa shape index (κ2) is 4.32. The first-order chi connectivity index (χ1) is 7.16. The largest absolute Gasteiger partial charge is 0.465 e. The molecule has 0 unspecified atom stereocenters. The van der Waals surface area contributed by atoms with Crippen molar-refractivity contribution < 1.29 is 19.0 Å². The quantitative estimate of drug-likeness (QED) is 0.688. The highest BCUT2D eigenvalue weighted by Gasteiger charge is 2.34. The summed E-state index contributed by atoms with van der Waals surface area (Å²) in [5.74, 6) is 0. The maximum atomic E-state index is 13.5. The summed E-state index contributed by atoms with van der Waals surface area (Å²) < 4.78 is 19.0. The molecule has 2 heterocycles. The van der Waals surface area contributed by atoms with Gasteiger partial charge in [0.2, 0.25) is 0 Å². The van der Waals surface area contributed by atoms with Gasteiger partial charge in [0.1, 0.15) is 6.17 Å². The predicted octanol–water partition coefficient (Wildman–Crippen LogP) is 0.0652. The zero-order valence-corrected chi connectivity index (χ0v) is 8.36. The maximum absolute atomic E-state index is 13.5. The average molecular weight is 218 g/mol. The number of ether oxygens (including phenoxy) is 1. The van der Waals surface area contributed by atoms with Crippen LogP contribution in [0.15, 0.2) is 0 Å². The number of nitrogens with one attached hydrogen (secondary N) is 1. The number of nitrogens with zero attached hydrogens (tertiary/aromatic N) is 1. The molecule has 2 aliphatic rings. The molecule has 2 fully saturated rings. The van der Waals surface area contributed by atoms with Crippen molar-refractivity contribution in [3.8, 4) is 0 Å². The molecule has 2 aliphatic heterocycles. The average Bonchev–Trinajstić information content (AvgIpc) is 2.12. The standard InChI is InChI=1S/C9H15FN2O3/c10-7-5-12(9(13)14)2-1-8(7)15-6-3-11-4-6/h6-8,11H,1-5H2,(H,13,14)/t7-,8+/m1/s1. The van der Waals surface area contributed by atoms with E-state index in [1.165, 1.54) is 0 Å². The van der Waals surface area contributed by atoms with E-state index in [1.807, 2.05) is 0 Å². The number of rotatable bonds is 2. The third-order valence-electron chi connectivity index (χ3n) is 2.86. The summed E-state index contributed by atoms with van der Waals surface area (Å²) in [7, 11) is 0. The number of alkyl halides is 1. The van der Waals surface area contributed by atoms with Gasteiger partial charge in [0.05, 0.1) is 18.8 Å². The monoisotopic (exact) mass is 218 g/mol. The van der Waals surface area contributed by atoms with Crippen molar-refractivity contribution in [2.45, 2.75) is 24.8 Å². The first kappa shape index (κ1) is 10.6. The minimum absolute atomic E-state index is 0.0693. The van der Waals surface area contributed by atoms with E-state index in [4.69, 9.17) is 9.84 Å². The number of piperidine rings is 1. The minimum atomic E-state index is -1.20. The van der Waals surface area contributed by atoms with Crippen LogP contribution >= 0.6 is 0 Å². The van der Waals surface area contributed by atoms with Crippen molar-refractivity contribution in [1.82, 2.24) is 10.2 Å². The lowest BCUT2D eigenvalue weighted by Gasteiger charge is -2.37. The van der Waals surface area contributed by atoms with E-state index in [-0.39, 0.29) is 12.6 Å². The van der Waals surface area contributed by atoms with Crippen LogP contribution in [-0.4, -0.2) is 60.7 Å². The van der Waals surface area contributed by atoms with E-state index < -0.39 is 18.4 Å². The maximum Gasteiger partial charge on any atom is 0.407 e. The topological polar surface area (TPSA) is 61.8 Å². The summed E-state index contributed by atoms with van der Waals surface area (Å²) in [5.41, 5.74) is 0. The molecular weight excluding hydrogens is 203 g/mol. The third kappa shape index (κ3) is 2.38. The van der Waals surface area contributed by atoms with Gasteiger partial charge in [-0.05, 0) is 6.42 Å². The third-order valence-corrected chi connectivity index (χ3v) is 2.86. The van der Waals surface area contributed by atoms with E-state index in [1.54, 1.807) is 0 Å². The molecule has 0 aliphatic carbocycles. The number of likely N-dealkylation sites (tertiary alicyclic amines) is 1. The smallest absolute Gasteiger partial charge is 0.407 e. The molecular formula is C9H15FN2O3. The Labute approximate surface area is 87.2 Å². The van der Waals surface area contributed by atoms with Crippen molar-refractivity contribution in [3.63, 3.8) is 0 Å². The second-order valence-corrected chi connectivity index (χ2v) is 3.99. The normalized spacial score (nSPS) is 32.5. The fourth-order valence-corrected chi connectivity index (χ4v) is 1.82. The molecule has 0 aromatic heterocycles. The number of halogens is 1. The van der Waals surface area contributed by atoms with Gasteiger partial charge in [0.25, 0.3) is 0 Å². The molecule has 0 aromatic rings. The molecule has 2 rings (SSSR count). The van der Waals surface area contributed by atoms with Crippen molar-refractivity contribution in [2.24, 2.45) is 0 Å². The summed E-state index contributed by atoms with van der Waals surface area (Å²) >= 11 is 0. The predicted molar refractivity (Wildman–Crippen MR) is 50.6 cm³/mol. The fraction of sp³-hybridized carbons (Fsp3) is 0.889. The Morgan fingerprint density at radius 2 is 2.27 bits per heavy atom. The lowest BCUT2D eigenvalue weighted by Crippen LogP contribution is -2.54. The van der Waals surface area contributed by atoms with E-state index in [0.29, 0.717) is 13.0 Å². The van der Waals surface area contributed by atoms with Crippen LogP contribution in [0.25, 0.3) is 0 Å². The van der Waals surface area contributed by atoms with Gasteiger partial charge in [-0.25, -0.2) is 9.18 Å². The Morgan fingerprint density at radius 3 is 2.73 bits per heavy atom. The van der Waals surface area contributed by atoms with Crippen LogP contribution in [0.2, 0.25) is 0 Å². The number of carbonyl (C=O) groups is 1. The van der Waals surface area contributed by atoms with Gasteiger partial charge >= 0.3 is 6.09 Å². The van der Waals surface area contributed by atoms with Gasteiger partial charge in [-0.2, -0.15) is 0 Å². The van der Waals surface area contributed by atoms with Gasteiger partial charge in [-0.15, -0.1) is 0 Å². The Balaban J connectivity index is 1.80. The molecule has 2 N–H and O–H groups in total. The molecule has 2 saturated heterocycles. The van der Waals surface area contributed by atoms with E-state index in [9.17, 15) is 9.18 Å². The molecule has 0 bridgehead atoms. The molecule has 6 heteroatoms. The van der Waals surface area contributed by atoms with Gasteiger partial charge in [0.15, 0.2) is 0 Å². The SMILES string of the molecule is O=C(O)N1CC[C@H](OC2CNC2)[C@H](F)C1. The van der Waals surface area contributed by atoms with Crippen molar-refractivity contribution in [1.29, 1.82) is 0 Å². The zero-order valence-electron chi connectivity index (χ0n) is 8.36. The Bertz CT molecular complexity index is 248. The first-order valence-corrected chi connectivity index (χ1v) is 5.15. The summed E-state index contributed by atoms with van der Waals surface area (Å²) in [5, 5.41) is 11.7. The van der Waals surface area contributed by atoms with E-state index >= 15 is 0 Å². The Morgan fingerprint density at radius 1 is 1.53 bits per heavy atom. The molecule has 0 saturated carbocycles. The lowest BCUT2D eigenvalue weighted by molar-refractivity contribution is -0.0939. The Kier molecular flexibility index (Phi) is 3.06. The first-order valence-electron chi connectivity index (χ1n) is 5.15. The molecule has 15 heavy (non-hydrogen) atoms. The Hall–Kier alpha value is -0.880. The van der Waals surface area contributed by atoms with Gasteiger partial charge in [-0.1, -0.05) is 0 Å². The number of carboxylic acid groups (broad SMARTS) is 1. The van der Waals surface area contributed by atoms with Crippen LogP contribution in [0.1, 0.15) is 6.42 Å². The zero-order chi connectivity index (χ0) is 10.8. The molecule has 0 radical (unpaired) electrons. The minimum Gasteiger partial charge on any atom is -0.465 e. The molecule has 0 aromatic carbocycles. The van der Waals surface area contributed by atoms with Crippen LogP contribution in [0.3, 0.4) is 0 Å². The highest BCUT2D eigenvalue weighted by atomic mass is 19.1. The molecule has 5 nitrogen and oxygen atoms in total. The highest BCUT2D eigenvalue weighted by Crippen LogP contribution is 2.19. The van der Waals surface area contributed by atoms with Crippen molar-refractivity contribution in [2.75, 3.05) is 26.2 Å². The highest BCUT2D eigenvalue weighted by molar-refractivity contribution is 5.65. The van der Waals surface area contributed by atoms with Gasteiger partial charge in [0, 0.05) is 19.6 Å². The van der Waals surface area contributed by atoms with Crippen LogP contribution in [0.5, 0.6) is 0 Å². The van der Waals surface area contributed by atoms with Crippen molar-refractivity contribution in [3.05, 3.63) is 0 Å². The number of hydrogen-bond acceptors (Lipinski definition) is 3. The van der Waals surface area contributed by atoms with E-state index in [2.05, 4.69) is 5.32 Å². The number of hydrogen-bond donors (Lipinski definition) is 2. The molecule has 2 atom stereocenters. The van der Waals surface area contributed by atoms with Gasteiger partial charge in [-0.3, -0.25) is 0 Å². The van der Waals surface area contributed by atoms with Crippen LogP contribution in [0, 0.1) is 0 Å². The van der Waals surface area contributed by atoms with Crippen molar-refractivity contribution >= 4 is 6.09 Å². The fourth-order valence-electron chi connectivity index (χ4n) is 1.82. The van der Waals surface area contributed by atoms with Gasteiger partial charge < -0.3 is 20.1 Å². The second-order valence-electron chi connectivity index (χ2n) is 3.99. The summed E-state index contributed by atoms with van der Waals surface area (Å²) in [6, 6.07) is 0. The molecule has 86 valence electrons. The van der Waals surface area contributed by atoms with Crippen LogP contribution in [0.4, 0.5) is 9.18 Å². The van der Waals surface area contributed by atoms with Crippen LogP contribution in [-0.2, 0) is 4.74 Å². The summed E-state index contributed by atoms with van der Waals surface area (Å²) in [6.07, 6.45) is -2.14. The van der Waals surface area contributed by atoms with Crippen LogP contribution < -0.4 is 5.32 Å². The molecule has 1 amide bonds. The summed E-state index contributed by atoms with van der Waals surface area (Å²) in [6.45, 7) is 1.83.